The molecule has 0 spiro atoms. The number of carbonyl (C=O) groups excluding carboxylic acids is 2. The highest BCUT2D eigenvalue weighted by Gasteiger charge is 2.05. The summed E-state index contributed by atoms with van der Waals surface area (Å²) in [5.41, 5.74) is 2.12. The Labute approximate surface area is 108 Å². The van der Waals surface area contributed by atoms with Crippen LogP contribution < -0.4 is 10.6 Å². The number of hydrogen-bond donors (Lipinski definition) is 2. The van der Waals surface area contributed by atoms with Gasteiger partial charge in [-0.15, -0.1) is 0 Å². The van der Waals surface area contributed by atoms with E-state index < -0.39 is 0 Å². The van der Waals surface area contributed by atoms with Gasteiger partial charge in [0.2, 0.25) is 11.8 Å². The number of benzene rings is 1. The van der Waals surface area contributed by atoms with Crippen molar-refractivity contribution in [3.63, 3.8) is 0 Å². The average molecular weight is 248 g/mol. The number of carbonyl (C=O) groups is 2. The summed E-state index contributed by atoms with van der Waals surface area (Å²) >= 11 is 0. The van der Waals surface area contributed by atoms with Crippen LogP contribution in [0.5, 0.6) is 0 Å². The van der Waals surface area contributed by atoms with Gasteiger partial charge in [-0.3, -0.25) is 9.59 Å². The van der Waals surface area contributed by atoms with Gasteiger partial charge in [-0.2, -0.15) is 0 Å². The topological polar surface area (TPSA) is 58.2 Å². The van der Waals surface area contributed by atoms with Gasteiger partial charge in [-0.05, 0) is 18.9 Å². The summed E-state index contributed by atoms with van der Waals surface area (Å²) in [6, 6.07) is 7.78. The largest absolute Gasteiger partial charge is 0.355 e. The van der Waals surface area contributed by atoms with Gasteiger partial charge in [0.05, 0.1) is 13.0 Å². The lowest BCUT2D eigenvalue weighted by atomic mass is 10.1. The minimum Gasteiger partial charge on any atom is -0.355 e. The van der Waals surface area contributed by atoms with Crippen molar-refractivity contribution in [3.8, 4) is 0 Å². The summed E-state index contributed by atoms with van der Waals surface area (Å²) < 4.78 is 0. The van der Waals surface area contributed by atoms with Crippen LogP contribution in [-0.4, -0.2) is 24.9 Å². The Kier molecular flexibility index (Phi) is 5.91. The quantitative estimate of drug-likeness (QED) is 0.794. The molecule has 0 saturated carbocycles. The Balaban J connectivity index is 2.29. The number of hydrogen-bond acceptors (Lipinski definition) is 2. The fourth-order valence-electron chi connectivity index (χ4n) is 1.46. The fraction of sp³-hybridized carbons (Fsp3) is 0.429. The van der Waals surface area contributed by atoms with Gasteiger partial charge in [0.25, 0.3) is 0 Å². The van der Waals surface area contributed by atoms with Gasteiger partial charge in [-0.25, -0.2) is 0 Å². The minimum atomic E-state index is -0.144. The molecule has 4 heteroatoms. The van der Waals surface area contributed by atoms with Crippen LogP contribution in [-0.2, 0) is 16.0 Å². The maximum Gasteiger partial charge on any atom is 0.239 e. The summed E-state index contributed by atoms with van der Waals surface area (Å²) in [5, 5.41) is 5.31. The first-order valence-electron chi connectivity index (χ1n) is 6.20. The lowest BCUT2D eigenvalue weighted by molar-refractivity contribution is -0.125. The van der Waals surface area contributed by atoms with E-state index in [2.05, 4.69) is 10.6 Å². The highest BCUT2D eigenvalue weighted by Crippen LogP contribution is 2.03. The monoisotopic (exact) mass is 248 g/mol. The molecule has 0 aliphatic heterocycles. The van der Waals surface area contributed by atoms with Crippen LogP contribution in [0.1, 0.15) is 24.5 Å². The molecule has 0 radical (unpaired) electrons. The van der Waals surface area contributed by atoms with E-state index in [0.717, 1.165) is 17.5 Å². The number of aryl methyl sites for hydroxylation is 1. The Morgan fingerprint density at radius 3 is 2.33 bits per heavy atom. The molecular weight excluding hydrogens is 228 g/mol. The molecule has 0 fully saturated rings. The van der Waals surface area contributed by atoms with E-state index in [1.165, 1.54) is 0 Å². The van der Waals surface area contributed by atoms with Crippen LogP contribution in [0.4, 0.5) is 0 Å². The summed E-state index contributed by atoms with van der Waals surface area (Å²) in [4.78, 5) is 22.9. The average Bonchev–Trinajstić information content (AvgIpc) is 2.36. The van der Waals surface area contributed by atoms with Gasteiger partial charge in [0, 0.05) is 6.54 Å². The van der Waals surface area contributed by atoms with Crippen LogP contribution in [0.25, 0.3) is 0 Å². The third-order valence-corrected chi connectivity index (χ3v) is 2.50. The lowest BCUT2D eigenvalue weighted by Gasteiger charge is -2.06. The Morgan fingerprint density at radius 1 is 1.06 bits per heavy atom. The molecule has 0 aliphatic carbocycles. The Hall–Kier alpha value is -1.84. The molecule has 0 unspecified atom stereocenters. The van der Waals surface area contributed by atoms with E-state index in [9.17, 15) is 9.59 Å². The molecule has 1 aromatic carbocycles. The number of amides is 2. The smallest absolute Gasteiger partial charge is 0.239 e. The first kappa shape index (κ1) is 14.2. The second-order valence-corrected chi connectivity index (χ2v) is 4.29. The fourth-order valence-corrected chi connectivity index (χ4v) is 1.46. The van der Waals surface area contributed by atoms with Crippen molar-refractivity contribution < 1.29 is 9.59 Å². The number of nitrogens with one attached hydrogen (secondary N) is 2. The first-order chi connectivity index (χ1) is 8.61. The summed E-state index contributed by atoms with van der Waals surface area (Å²) in [5.74, 6) is -0.278. The normalized spacial score (nSPS) is 9.89. The third-order valence-electron chi connectivity index (χ3n) is 2.50. The van der Waals surface area contributed by atoms with E-state index in [1.54, 1.807) is 0 Å². The van der Waals surface area contributed by atoms with Crippen molar-refractivity contribution in [1.29, 1.82) is 0 Å². The van der Waals surface area contributed by atoms with Gasteiger partial charge in [-0.1, -0.05) is 36.8 Å². The van der Waals surface area contributed by atoms with E-state index in [0.29, 0.717) is 13.0 Å². The van der Waals surface area contributed by atoms with E-state index in [4.69, 9.17) is 0 Å². The van der Waals surface area contributed by atoms with Crippen molar-refractivity contribution >= 4 is 11.8 Å². The van der Waals surface area contributed by atoms with Crippen LogP contribution >= 0.6 is 0 Å². The molecule has 1 aromatic rings. The zero-order chi connectivity index (χ0) is 13.4. The highest BCUT2D eigenvalue weighted by molar-refractivity contribution is 5.85. The zero-order valence-corrected chi connectivity index (χ0v) is 11.0. The minimum absolute atomic E-state index is 0.0463. The summed E-state index contributed by atoms with van der Waals surface area (Å²) in [6.07, 6.45) is 1.20. The zero-order valence-electron chi connectivity index (χ0n) is 11.0. The molecule has 0 heterocycles. The second-order valence-electron chi connectivity index (χ2n) is 4.29. The van der Waals surface area contributed by atoms with Crippen LogP contribution in [0, 0.1) is 6.92 Å². The van der Waals surface area contributed by atoms with E-state index >= 15 is 0 Å². The second kappa shape index (κ2) is 7.48. The van der Waals surface area contributed by atoms with Gasteiger partial charge in [0.1, 0.15) is 0 Å². The lowest BCUT2D eigenvalue weighted by Crippen LogP contribution is -2.37. The van der Waals surface area contributed by atoms with Crippen LogP contribution in [0.2, 0.25) is 0 Å². The van der Waals surface area contributed by atoms with Gasteiger partial charge >= 0.3 is 0 Å². The molecule has 18 heavy (non-hydrogen) atoms. The van der Waals surface area contributed by atoms with Gasteiger partial charge in [0.15, 0.2) is 0 Å². The van der Waals surface area contributed by atoms with E-state index in [1.807, 2.05) is 38.1 Å². The van der Waals surface area contributed by atoms with Crippen LogP contribution in [0.15, 0.2) is 24.3 Å². The third kappa shape index (κ3) is 5.48. The molecule has 4 nitrogen and oxygen atoms in total. The molecule has 0 aliphatic rings. The Morgan fingerprint density at radius 2 is 1.72 bits per heavy atom. The molecule has 98 valence electrons. The molecule has 1 rings (SSSR count). The van der Waals surface area contributed by atoms with Crippen molar-refractivity contribution in [2.45, 2.75) is 26.7 Å². The molecular formula is C14H20N2O2. The molecule has 0 aromatic heterocycles. The predicted octanol–water partition coefficient (Wildman–Crippen LogP) is 1.18. The van der Waals surface area contributed by atoms with Gasteiger partial charge < -0.3 is 10.6 Å². The molecule has 0 atom stereocenters. The molecule has 2 N–H and O–H groups in total. The number of rotatable bonds is 6. The summed E-state index contributed by atoms with van der Waals surface area (Å²) in [7, 11) is 0. The van der Waals surface area contributed by atoms with Crippen molar-refractivity contribution in [2.24, 2.45) is 0 Å². The molecule has 2 amide bonds. The van der Waals surface area contributed by atoms with Crippen molar-refractivity contribution in [1.82, 2.24) is 10.6 Å². The molecule has 0 bridgehead atoms. The van der Waals surface area contributed by atoms with Crippen LogP contribution in [0.3, 0.4) is 0 Å². The van der Waals surface area contributed by atoms with E-state index in [-0.39, 0.29) is 18.4 Å². The Bertz CT molecular complexity index is 399. The maximum atomic E-state index is 11.6. The maximum absolute atomic E-state index is 11.6. The standard InChI is InChI=1S/C14H20N2O2/c1-3-8-15-14(18)10-16-13(17)9-12-6-4-11(2)5-7-12/h4-7H,3,8-10H2,1-2H3,(H,15,18)(H,16,17). The first-order valence-corrected chi connectivity index (χ1v) is 6.20. The van der Waals surface area contributed by atoms with Crippen molar-refractivity contribution in [3.05, 3.63) is 35.4 Å². The SMILES string of the molecule is CCCNC(=O)CNC(=O)Cc1ccc(C)cc1. The summed E-state index contributed by atoms with van der Waals surface area (Å²) in [6.45, 7) is 4.68. The molecule has 0 saturated heterocycles. The van der Waals surface area contributed by atoms with Crippen molar-refractivity contribution in [2.75, 3.05) is 13.1 Å². The highest BCUT2D eigenvalue weighted by atomic mass is 16.2. The predicted molar refractivity (Wildman–Crippen MR) is 71.2 cm³/mol.